The number of nitrogens with zero attached hydrogens (tertiary/aromatic N) is 1. The zero-order valence-corrected chi connectivity index (χ0v) is 21.2. The Balaban J connectivity index is 1.51. The summed E-state index contributed by atoms with van der Waals surface area (Å²) in [5.74, 6) is 0.171. The van der Waals surface area contributed by atoms with Gasteiger partial charge in [-0.3, -0.25) is 9.69 Å². The number of likely N-dealkylation sites (tertiary alicyclic amines) is 1. The van der Waals surface area contributed by atoms with E-state index in [9.17, 15) is 9.18 Å². The molecular weight excluding hydrogens is 455 g/mol. The lowest BCUT2D eigenvalue weighted by molar-refractivity contribution is -0.122. The molecule has 0 saturated carbocycles. The summed E-state index contributed by atoms with van der Waals surface area (Å²) in [5, 5.41) is 0. The second kappa shape index (κ2) is 10.7. The number of rotatable bonds is 10. The molecule has 1 aliphatic rings. The first kappa shape index (κ1) is 25.7. The molecule has 2 N–H and O–H groups in total. The van der Waals surface area contributed by atoms with E-state index in [1.807, 2.05) is 60.7 Å². The van der Waals surface area contributed by atoms with Gasteiger partial charge in [-0.2, -0.15) is 0 Å². The van der Waals surface area contributed by atoms with Crippen LogP contribution in [-0.2, 0) is 10.2 Å². The van der Waals surface area contributed by atoms with Crippen molar-refractivity contribution in [2.24, 2.45) is 5.73 Å². The maximum atomic E-state index is 13.9. The molecule has 1 unspecified atom stereocenters. The molecule has 0 spiro atoms. The van der Waals surface area contributed by atoms with E-state index < -0.39 is 5.41 Å². The van der Waals surface area contributed by atoms with Crippen molar-refractivity contribution in [3.05, 3.63) is 95.8 Å². The van der Waals surface area contributed by atoms with E-state index in [1.165, 1.54) is 19.2 Å². The van der Waals surface area contributed by atoms with E-state index in [2.05, 4.69) is 18.7 Å². The summed E-state index contributed by atoms with van der Waals surface area (Å²) >= 11 is 0. The second-order valence-electron chi connectivity index (χ2n) is 10.1. The van der Waals surface area contributed by atoms with E-state index >= 15 is 0 Å². The first-order chi connectivity index (χ1) is 17.2. The molecule has 1 aliphatic heterocycles. The van der Waals surface area contributed by atoms with E-state index in [0.29, 0.717) is 24.5 Å². The van der Waals surface area contributed by atoms with Crippen LogP contribution in [-0.4, -0.2) is 42.6 Å². The highest BCUT2D eigenvalue weighted by atomic mass is 19.1. The summed E-state index contributed by atoms with van der Waals surface area (Å²) in [4.78, 5) is 15.5. The van der Waals surface area contributed by atoms with Gasteiger partial charge in [-0.05, 0) is 44.2 Å². The van der Waals surface area contributed by atoms with Gasteiger partial charge < -0.3 is 15.2 Å². The summed E-state index contributed by atoms with van der Waals surface area (Å²) in [6, 6.07) is 24.1. The number of methoxy groups -OCH3 is 1. The van der Waals surface area contributed by atoms with Gasteiger partial charge in [0, 0.05) is 36.8 Å². The van der Waals surface area contributed by atoms with E-state index in [-0.39, 0.29) is 23.4 Å². The van der Waals surface area contributed by atoms with Crippen LogP contribution >= 0.6 is 0 Å². The zero-order chi connectivity index (χ0) is 25.8. The Bertz CT molecular complexity index is 1130. The minimum Gasteiger partial charge on any atom is -0.497 e. The molecule has 1 heterocycles. The molecule has 0 bridgehead atoms. The third-order valence-corrected chi connectivity index (χ3v) is 7.45. The van der Waals surface area contributed by atoms with Gasteiger partial charge in [0.1, 0.15) is 23.4 Å². The Labute approximate surface area is 213 Å². The Morgan fingerprint density at radius 2 is 1.56 bits per heavy atom. The van der Waals surface area contributed by atoms with Crippen molar-refractivity contribution < 1.29 is 18.7 Å². The number of benzene rings is 3. The highest BCUT2D eigenvalue weighted by molar-refractivity contribution is 5.90. The molecule has 0 aliphatic carbocycles. The van der Waals surface area contributed by atoms with Crippen molar-refractivity contribution in [1.29, 1.82) is 0 Å². The third-order valence-electron chi connectivity index (χ3n) is 7.45. The monoisotopic (exact) mass is 490 g/mol. The third kappa shape index (κ3) is 5.39. The quantitative estimate of drug-likeness (QED) is 0.418. The van der Waals surface area contributed by atoms with Crippen LogP contribution in [0.25, 0.3) is 0 Å². The number of nitrogens with two attached hydrogens (primary N) is 1. The zero-order valence-electron chi connectivity index (χ0n) is 21.2. The molecule has 190 valence electrons. The Kier molecular flexibility index (Phi) is 7.65. The summed E-state index contributed by atoms with van der Waals surface area (Å²) in [6.07, 6.45) is 2.10. The molecule has 5 nitrogen and oxygen atoms in total. The fourth-order valence-corrected chi connectivity index (χ4v) is 5.25. The molecule has 1 amide bonds. The number of carbonyl (C=O) groups is 1. The van der Waals surface area contributed by atoms with Gasteiger partial charge in [-0.25, -0.2) is 4.39 Å². The minimum atomic E-state index is -0.923. The predicted octanol–water partition coefficient (Wildman–Crippen LogP) is 5.32. The number of amides is 1. The number of halogens is 1. The van der Waals surface area contributed by atoms with Crippen LogP contribution < -0.4 is 15.2 Å². The minimum absolute atomic E-state index is 0.0556. The van der Waals surface area contributed by atoms with Gasteiger partial charge in [-0.15, -0.1) is 0 Å². The number of carbonyl (C=O) groups excluding carboxylic acids is 1. The first-order valence-corrected chi connectivity index (χ1v) is 12.4. The topological polar surface area (TPSA) is 64.8 Å². The Morgan fingerprint density at radius 1 is 0.972 bits per heavy atom. The maximum absolute atomic E-state index is 13.9. The van der Waals surface area contributed by atoms with Gasteiger partial charge in [0.15, 0.2) is 0 Å². The number of primary amides is 1. The first-order valence-electron chi connectivity index (χ1n) is 12.4. The lowest BCUT2D eigenvalue weighted by Crippen LogP contribution is -2.47. The van der Waals surface area contributed by atoms with Crippen molar-refractivity contribution >= 4 is 5.91 Å². The largest absolute Gasteiger partial charge is 0.497 e. The average Bonchev–Trinajstić information content (AvgIpc) is 3.34. The van der Waals surface area contributed by atoms with Crippen LogP contribution in [0.1, 0.15) is 44.2 Å². The molecule has 1 saturated heterocycles. The summed E-state index contributed by atoms with van der Waals surface area (Å²) < 4.78 is 25.2. The molecule has 1 atom stereocenters. The fourth-order valence-electron chi connectivity index (χ4n) is 5.25. The van der Waals surface area contributed by atoms with Crippen LogP contribution in [0.3, 0.4) is 0 Å². The SMILES string of the molecule is COc1cc(F)cc(OC2CCN(C(C)(C)CCC(C(N)=O)(c3ccccc3)c3ccccc3)C2)c1. The fraction of sp³-hybridized carbons (Fsp3) is 0.367. The summed E-state index contributed by atoms with van der Waals surface area (Å²) in [6.45, 7) is 5.96. The predicted molar refractivity (Wildman–Crippen MR) is 140 cm³/mol. The van der Waals surface area contributed by atoms with Crippen molar-refractivity contribution in [1.82, 2.24) is 4.90 Å². The summed E-state index contributed by atoms with van der Waals surface area (Å²) in [7, 11) is 1.51. The van der Waals surface area contributed by atoms with Crippen LogP contribution in [0.2, 0.25) is 0 Å². The number of hydrogen-bond acceptors (Lipinski definition) is 4. The van der Waals surface area contributed by atoms with Gasteiger partial charge in [0.25, 0.3) is 0 Å². The van der Waals surface area contributed by atoms with Gasteiger partial charge in [-0.1, -0.05) is 60.7 Å². The molecular formula is C30H35FN2O3. The standard InChI is InChI=1S/C30H35FN2O3/c1-29(2,33-17-14-25(21-33)36-27-19-24(31)18-26(20-27)35-3)15-16-30(28(32)34,22-10-6-4-7-11-22)23-12-8-5-9-13-23/h4-13,18-20,25H,14-17,21H2,1-3H3,(H2,32,34). The van der Waals surface area contributed by atoms with Crippen molar-refractivity contribution in [3.8, 4) is 11.5 Å². The lowest BCUT2D eigenvalue weighted by atomic mass is 9.69. The van der Waals surface area contributed by atoms with E-state index in [0.717, 1.165) is 30.5 Å². The second-order valence-corrected chi connectivity index (χ2v) is 10.1. The summed E-state index contributed by atoms with van der Waals surface area (Å²) in [5.41, 5.74) is 6.83. The molecule has 3 aromatic rings. The average molecular weight is 491 g/mol. The van der Waals surface area contributed by atoms with Crippen LogP contribution in [0.5, 0.6) is 11.5 Å². The number of ether oxygens (including phenoxy) is 2. The van der Waals surface area contributed by atoms with Crippen LogP contribution in [0.4, 0.5) is 4.39 Å². The molecule has 0 radical (unpaired) electrons. The van der Waals surface area contributed by atoms with Gasteiger partial charge >= 0.3 is 0 Å². The number of hydrogen-bond donors (Lipinski definition) is 1. The van der Waals surface area contributed by atoms with Gasteiger partial charge in [0.2, 0.25) is 5.91 Å². The van der Waals surface area contributed by atoms with Crippen molar-refractivity contribution in [2.45, 2.75) is 50.2 Å². The Morgan fingerprint density at radius 3 is 2.11 bits per heavy atom. The molecule has 36 heavy (non-hydrogen) atoms. The van der Waals surface area contributed by atoms with Crippen molar-refractivity contribution in [2.75, 3.05) is 20.2 Å². The Hall–Kier alpha value is -3.38. The van der Waals surface area contributed by atoms with E-state index in [1.54, 1.807) is 6.07 Å². The maximum Gasteiger partial charge on any atom is 0.232 e. The molecule has 3 aromatic carbocycles. The molecule has 4 rings (SSSR count). The van der Waals surface area contributed by atoms with Crippen LogP contribution in [0.15, 0.2) is 78.9 Å². The van der Waals surface area contributed by atoms with E-state index in [4.69, 9.17) is 15.2 Å². The molecule has 1 fully saturated rings. The normalized spacial score (nSPS) is 16.6. The highest BCUT2D eigenvalue weighted by Gasteiger charge is 2.43. The van der Waals surface area contributed by atoms with Crippen LogP contribution in [0, 0.1) is 5.82 Å². The molecule has 6 heteroatoms. The lowest BCUT2D eigenvalue weighted by Gasteiger charge is -2.40. The molecule has 0 aromatic heterocycles. The van der Waals surface area contributed by atoms with Crippen molar-refractivity contribution in [3.63, 3.8) is 0 Å². The smallest absolute Gasteiger partial charge is 0.232 e. The highest BCUT2D eigenvalue weighted by Crippen LogP contribution is 2.40. The van der Waals surface area contributed by atoms with Gasteiger partial charge in [0.05, 0.1) is 12.5 Å².